The normalized spacial score (nSPS) is 11.4. The molecule has 0 radical (unpaired) electrons. The SMILES string of the molecule is CC(CCCCCCCCBr)CCCCCCCCBr. The third-order valence-electron chi connectivity index (χ3n) is 4.16. The summed E-state index contributed by atoms with van der Waals surface area (Å²) in [6, 6.07) is 0. The lowest BCUT2D eigenvalue weighted by molar-refractivity contribution is 0.432. The van der Waals surface area contributed by atoms with Crippen molar-refractivity contribution < 1.29 is 0 Å². The summed E-state index contributed by atoms with van der Waals surface area (Å²) >= 11 is 6.99. The summed E-state index contributed by atoms with van der Waals surface area (Å²) in [4.78, 5) is 0. The summed E-state index contributed by atoms with van der Waals surface area (Å²) < 4.78 is 0. The Hall–Kier alpha value is 0.960. The quantitative estimate of drug-likeness (QED) is 0.179. The zero-order valence-electron chi connectivity index (χ0n) is 13.6. The van der Waals surface area contributed by atoms with E-state index < -0.39 is 0 Å². The van der Waals surface area contributed by atoms with E-state index in [1.807, 2.05) is 0 Å². The Morgan fingerprint density at radius 1 is 0.500 bits per heavy atom. The standard InChI is InChI=1S/C18H36Br2/c1-18(14-10-6-2-4-8-12-16-19)15-11-7-3-5-9-13-17-20/h18H,2-17H2,1H3. The van der Waals surface area contributed by atoms with E-state index in [9.17, 15) is 0 Å². The summed E-state index contributed by atoms with van der Waals surface area (Å²) in [7, 11) is 0. The van der Waals surface area contributed by atoms with Gasteiger partial charge in [0.1, 0.15) is 0 Å². The number of hydrogen-bond donors (Lipinski definition) is 0. The topological polar surface area (TPSA) is 0 Å². The summed E-state index contributed by atoms with van der Waals surface area (Å²) in [6.07, 6.45) is 20.1. The highest BCUT2D eigenvalue weighted by Crippen LogP contribution is 2.18. The highest BCUT2D eigenvalue weighted by Gasteiger charge is 2.02. The number of rotatable bonds is 16. The second-order valence-electron chi connectivity index (χ2n) is 6.30. The Morgan fingerprint density at radius 2 is 0.800 bits per heavy atom. The Labute approximate surface area is 145 Å². The molecule has 0 aromatic rings. The van der Waals surface area contributed by atoms with Crippen molar-refractivity contribution in [2.24, 2.45) is 5.92 Å². The molecule has 0 aromatic heterocycles. The molecule has 0 nitrogen and oxygen atoms in total. The third-order valence-corrected chi connectivity index (χ3v) is 5.28. The molecule has 0 atom stereocenters. The predicted octanol–water partition coefficient (Wildman–Crippen LogP) is 7.87. The molecule has 0 unspecified atom stereocenters. The molecule has 0 aliphatic rings. The van der Waals surface area contributed by atoms with Gasteiger partial charge in [-0.15, -0.1) is 0 Å². The van der Waals surface area contributed by atoms with Crippen molar-refractivity contribution in [3.05, 3.63) is 0 Å². The first-order valence-corrected chi connectivity index (χ1v) is 11.2. The van der Waals surface area contributed by atoms with Gasteiger partial charge in [0.2, 0.25) is 0 Å². The van der Waals surface area contributed by atoms with Crippen molar-refractivity contribution in [3.8, 4) is 0 Å². The van der Waals surface area contributed by atoms with Crippen molar-refractivity contribution in [2.45, 2.75) is 96.8 Å². The molecule has 0 fully saturated rings. The van der Waals surface area contributed by atoms with Crippen LogP contribution in [0.4, 0.5) is 0 Å². The Morgan fingerprint density at radius 3 is 1.15 bits per heavy atom. The van der Waals surface area contributed by atoms with E-state index in [0.29, 0.717) is 0 Å². The van der Waals surface area contributed by atoms with Crippen LogP contribution in [-0.4, -0.2) is 10.7 Å². The average molecular weight is 412 g/mol. The molecule has 0 spiro atoms. The zero-order chi connectivity index (χ0) is 14.9. The van der Waals surface area contributed by atoms with Crippen LogP contribution in [0.15, 0.2) is 0 Å². The molecule has 0 aromatic carbocycles. The van der Waals surface area contributed by atoms with Crippen LogP contribution in [0.1, 0.15) is 96.8 Å². The van der Waals surface area contributed by atoms with Gasteiger partial charge in [0.15, 0.2) is 0 Å². The van der Waals surface area contributed by atoms with Crippen LogP contribution in [0.5, 0.6) is 0 Å². The molecule has 0 bridgehead atoms. The average Bonchev–Trinajstić information content (AvgIpc) is 2.45. The number of alkyl halides is 2. The molecule has 0 aliphatic carbocycles. The number of halogens is 2. The van der Waals surface area contributed by atoms with Gasteiger partial charge >= 0.3 is 0 Å². The summed E-state index contributed by atoms with van der Waals surface area (Å²) in [6.45, 7) is 2.45. The van der Waals surface area contributed by atoms with E-state index in [1.54, 1.807) is 0 Å². The minimum Gasteiger partial charge on any atom is -0.0928 e. The zero-order valence-corrected chi connectivity index (χ0v) is 16.8. The van der Waals surface area contributed by atoms with Gasteiger partial charge in [-0.3, -0.25) is 0 Å². The molecule has 0 heterocycles. The fourth-order valence-corrected chi connectivity index (χ4v) is 3.53. The fourth-order valence-electron chi connectivity index (χ4n) is 2.73. The first kappa shape index (κ1) is 21.0. The Kier molecular flexibility index (Phi) is 18.9. The fraction of sp³-hybridized carbons (Fsp3) is 1.00. The minimum absolute atomic E-state index is 0.958. The van der Waals surface area contributed by atoms with E-state index >= 15 is 0 Å². The summed E-state index contributed by atoms with van der Waals surface area (Å²) in [5.41, 5.74) is 0. The van der Waals surface area contributed by atoms with Gasteiger partial charge in [-0.25, -0.2) is 0 Å². The first-order valence-electron chi connectivity index (χ1n) is 8.93. The lowest BCUT2D eigenvalue weighted by atomic mass is 9.96. The summed E-state index contributed by atoms with van der Waals surface area (Å²) in [5.74, 6) is 0.958. The second-order valence-corrected chi connectivity index (χ2v) is 7.89. The molecule has 0 rings (SSSR count). The molecule has 0 saturated carbocycles. The van der Waals surface area contributed by atoms with Crippen LogP contribution in [0.25, 0.3) is 0 Å². The van der Waals surface area contributed by atoms with Gasteiger partial charge in [-0.2, -0.15) is 0 Å². The van der Waals surface area contributed by atoms with Crippen molar-refractivity contribution in [2.75, 3.05) is 10.7 Å². The highest BCUT2D eigenvalue weighted by atomic mass is 79.9. The van der Waals surface area contributed by atoms with Crippen molar-refractivity contribution in [1.29, 1.82) is 0 Å². The van der Waals surface area contributed by atoms with Crippen LogP contribution in [0, 0.1) is 5.92 Å². The van der Waals surface area contributed by atoms with Crippen molar-refractivity contribution in [1.82, 2.24) is 0 Å². The second kappa shape index (κ2) is 18.0. The van der Waals surface area contributed by atoms with E-state index in [4.69, 9.17) is 0 Å². The van der Waals surface area contributed by atoms with Gasteiger partial charge in [0.25, 0.3) is 0 Å². The van der Waals surface area contributed by atoms with Gasteiger partial charge in [-0.05, 0) is 18.8 Å². The van der Waals surface area contributed by atoms with E-state index in [0.717, 1.165) is 5.92 Å². The van der Waals surface area contributed by atoms with Crippen LogP contribution in [0.3, 0.4) is 0 Å². The molecule has 20 heavy (non-hydrogen) atoms. The van der Waals surface area contributed by atoms with Crippen LogP contribution in [-0.2, 0) is 0 Å². The predicted molar refractivity (Wildman–Crippen MR) is 101 cm³/mol. The molecule has 0 saturated heterocycles. The maximum Gasteiger partial charge on any atom is 0.00313 e. The maximum atomic E-state index is 3.50. The van der Waals surface area contributed by atoms with Gasteiger partial charge in [0.05, 0.1) is 0 Å². The third kappa shape index (κ3) is 17.0. The van der Waals surface area contributed by atoms with Crippen LogP contribution < -0.4 is 0 Å². The van der Waals surface area contributed by atoms with E-state index in [1.165, 1.54) is 101 Å². The largest absolute Gasteiger partial charge is 0.0928 e. The molecule has 2 heteroatoms. The van der Waals surface area contributed by atoms with E-state index in [-0.39, 0.29) is 0 Å². The molecule has 122 valence electrons. The summed E-state index contributed by atoms with van der Waals surface area (Å²) in [5, 5.41) is 2.36. The highest BCUT2D eigenvalue weighted by molar-refractivity contribution is 9.09. The number of unbranched alkanes of at least 4 members (excludes halogenated alkanes) is 10. The van der Waals surface area contributed by atoms with Gasteiger partial charge in [0, 0.05) is 10.7 Å². The van der Waals surface area contributed by atoms with Crippen LogP contribution in [0.2, 0.25) is 0 Å². The first-order chi connectivity index (χ1) is 9.81. The molecule has 0 N–H and O–H groups in total. The monoisotopic (exact) mass is 410 g/mol. The van der Waals surface area contributed by atoms with Gasteiger partial charge < -0.3 is 0 Å². The van der Waals surface area contributed by atoms with Crippen LogP contribution >= 0.6 is 31.9 Å². The maximum absolute atomic E-state index is 3.50. The molecular weight excluding hydrogens is 376 g/mol. The molecule has 0 amide bonds. The smallest absolute Gasteiger partial charge is 0.00313 e. The van der Waals surface area contributed by atoms with E-state index in [2.05, 4.69) is 38.8 Å². The van der Waals surface area contributed by atoms with Crippen molar-refractivity contribution >= 4 is 31.9 Å². The Balaban J connectivity index is 3.11. The lowest BCUT2D eigenvalue weighted by Crippen LogP contribution is -1.95. The lowest BCUT2D eigenvalue weighted by Gasteiger charge is -2.11. The minimum atomic E-state index is 0.958. The van der Waals surface area contributed by atoms with Crippen molar-refractivity contribution in [3.63, 3.8) is 0 Å². The Bertz CT molecular complexity index is 153. The van der Waals surface area contributed by atoms with Gasteiger partial charge in [-0.1, -0.05) is 116 Å². The molecule has 0 aliphatic heterocycles. The number of hydrogen-bond acceptors (Lipinski definition) is 0. The molecular formula is C18H36Br2.